The van der Waals surface area contributed by atoms with Crippen molar-refractivity contribution in [1.29, 1.82) is 0 Å². The van der Waals surface area contributed by atoms with Gasteiger partial charge < -0.3 is 0 Å². The van der Waals surface area contributed by atoms with Gasteiger partial charge in [-0.1, -0.05) is 112 Å². The molecule has 3 aromatic carbocycles. The summed E-state index contributed by atoms with van der Waals surface area (Å²) in [6.45, 7) is 4.35. The van der Waals surface area contributed by atoms with E-state index in [1.54, 1.807) is 0 Å². The van der Waals surface area contributed by atoms with Crippen molar-refractivity contribution in [2.45, 2.75) is 71.6 Å². The zero-order valence-electron chi connectivity index (χ0n) is 18.6. The van der Waals surface area contributed by atoms with E-state index in [2.05, 4.69) is 32.0 Å². The Morgan fingerprint density at radius 2 is 1.53 bits per heavy atom. The molecule has 1 aliphatic carbocycles. The smallest absolute Gasteiger partial charge is 0.138 e. The van der Waals surface area contributed by atoms with Crippen LogP contribution in [0, 0.1) is 24.6 Å². The number of rotatable bonds is 7. The number of hydrogen-bond donors (Lipinski definition) is 0. The number of unbranched alkanes of at least 4 members (excludes halogenated alkanes) is 1. The van der Waals surface area contributed by atoms with Gasteiger partial charge in [-0.3, -0.25) is 0 Å². The number of halogens is 1. The largest absolute Gasteiger partial charge is 0.206 e. The zero-order valence-corrected chi connectivity index (χ0v) is 18.6. The summed E-state index contributed by atoms with van der Waals surface area (Å²) < 4.78 is 15.2. The Balaban J connectivity index is 1.40. The van der Waals surface area contributed by atoms with Crippen molar-refractivity contribution < 1.29 is 4.39 Å². The maximum absolute atomic E-state index is 15.2. The molecule has 0 amide bonds. The van der Waals surface area contributed by atoms with Crippen LogP contribution in [0.15, 0.2) is 54.6 Å². The van der Waals surface area contributed by atoms with Crippen molar-refractivity contribution in [1.82, 2.24) is 0 Å². The molecule has 0 radical (unpaired) electrons. The first-order chi connectivity index (χ1) is 14.6. The lowest BCUT2D eigenvalue weighted by Crippen LogP contribution is -2.15. The summed E-state index contributed by atoms with van der Waals surface area (Å²) >= 11 is 0. The molecule has 0 unspecified atom stereocenters. The molecule has 0 N–H and O–H groups in total. The highest BCUT2D eigenvalue weighted by atomic mass is 19.1. The number of benzene rings is 3. The van der Waals surface area contributed by atoms with Crippen LogP contribution in [0.5, 0.6) is 0 Å². The molecular weight excluding hydrogens is 367 g/mol. The SMILES string of the molecule is CCCC[C@H]1CC[C@H](CCc2ccc3c(F)c(-c4ccc(C)cc4)ccc3c2)CC1. The highest BCUT2D eigenvalue weighted by Crippen LogP contribution is 2.35. The van der Waals surface area contributed by atoms with Crippen molar-refractivity contribution in [3.63, 3.8) is 0 Å². The summed E-state index contributed by atoms with van der Waals surface area (Å²) in [6.07, 6.45) is 12.2. The van der Waals surface area contributed by atoms with E-state index >= 15 is 4.39 Å². The molecule has 0 heterocycles. The van der Waals surface area contributed by atoms with Gasteiger partial charge in [0.25, 0.3) is 0 Å². The summed E-state index contributed by atoms with van der Waals surface area (Å²) in [5, 5.41) is 1.75. The van der Waals surface area contributed by atoms with Crippen LogP contribution in [0.2, 0.25) is 0 Å². The lowest BCUT2D eigenvalue weighted by Gasteiger charge is -2.28. The van der Waals surface area contributed by atoms with Gasteiger partial charge in [-0.25, -0.2) is 4.39 Å². The van der Waals surface area contributed by atoms with Crippen molar-refractivity contribution >= 4 is 10.8 Å². The Labute approximate surface area is 181 Å². The quantitative estimate of drug-likeness (QED) is 0.370. The fourth-order valence-corrected chi connectivity index (χ4v) is 5.13. The number of hydrogen-bond acceptors (Lipinski definition) is 0. The Bertz CT molecular complexity index is 962. The molecule has 30 heavy (non-hydrogen) atoms. The average Bonchev–Trinajstić information content (AvgIpc) is 2.78. The van der Waals surface area contributed by atoms with E-state index in [4.69, 9.17) is 0 Å². The second kappa shape index (κ2) is 9.77. The summed E-state index contributed by atoms with van der Waals surface area (Å²) in [5.74, 6) is 1.75. The van der Waals surface area contributed by atoms with Gasteiger partial charge in [-0.2, -0.15) is 0 Å². The molecule has 1 heteroatoms. The van der Waals surface area contributed by atoms with Crippen LogP contribution in [0.4, 0.5) is 4.39 Å². The Hall–Kier alpha value is -2.15. The van der Waals surface area contributed by atoms with E-state index in [0.29, 0.717) is 5.56 Å². The van der Waals surface area contributed by atoms with Crippen molar-refractivity contribution in [3.8, 4) is 11.1 Å². The molecule has 158 valence electrons. The summed E-state index contributed by atoms with van der Waals surface area (Å²) in [6, 6.07) is 18.4. The summed E-state index contributed by atoms with van der Waals surface area (Å²) in [7, 11) is 0. The normalized spacial score (nSPS) is 19.3. The average molecular weight is 403 g/mol. The minimum Gasteiger partial charge on any atom is -0.206 e. The minimum absolute atomic E-state index is 0.103. The van der Waals surface area contributed by atoms with E-state index in [1.807, 2.05) is 36.4 Å². The van der Waals surface area contributed by atoms with Crippen LogP contribution in [0.1, 0.15) is 69.4 Å². The molecule has 0 atom stereocenters. The topological polar surface area (TPSA) is 0 Å². The fourth-order valence-electron chi connectivity index (χ4n) is 5.13. The minimum atomic E-state index is -0.103. The van der Waals surface area contributed by atoms with Crippen molar-refractivity contribution in [3.05, 3.63) is 71.5 Å². The third-order valence-electron chi connectivity index (χ3n) is 7.15. The van der Waals surface area contributed by atoms with Crippen molar-refractivity contribution in [2.24, 2.45) is 11.8 Å². The monoisotopic (exact) mass is 402 g/mol. The first-order valence-electron chi connectivity index (χ1n) is 11.9. The van der Waals surface area contributed by atoms with Crippen LogP contribution in [-0.4, -0.2) is 0 Å². The van der Waals surface area contributed by atoms with E-state index in [-0.39, 0.29) is 5.82 Å². The van der Waals surface area contributed by atoms with Gasteiger partial charge in [0.2, 0.25) is 0 Å². The van der Waals surface area contributed by atoms with Crippen LogP contribution in [0.3, 0.4) is 0 Å². The summed E-state index contributed by atoms with van der Waals surface area (Å²) in [4.78, 5) is 0. The van der Waals surface area contributed by atoms with Crippen LogP contribution < -0.4 is 0 Å². The molecule has 3 aromatic rings. The van der Waals surface area contributed by atoms with Gasteiger partial charge in [0.05, 0.1) is 0 Å². The molecule has 1 aliphatic rings. The Morgan fingerprint density at radius 1 is 0.833 bits per heavy atom. The van der Waals surface area contributed by atoms with Crippen LogP contribution >= 0.6 is 0 Å². The van der Waals surface area contributed by atoms with Gasteiger partial charge in [-0.15, -0.1) is 0 Å². The maximum atomic E-state index is 15.2. The predicted molar refractivity (Wildman–Crippen MR) is 127 cm³/mol. The van der Waals surface area contributed by atoms with Gasteiger partial charge in [0.15, 0.2) is 0 Å². The van der Waals surface area contributed by atoms with E-state index in [1.165, 1.54) is 62.5 Å². The molecule has 1 saturated carbocycles. The van der Waals surface area contributed by atoms with Gasteiger partial charge in [0, 0.05) is 10.9 Å². The molecular formula is C29H35F. The molecule has 0 bridgehead atoms. The van der Waals surface area contributed by atoms with Crippen LogP contribution in [-0.2, 0) is 6.42 Å². The third kappa shape index (κ3) is 4.94. The van der Waals surface area contributed by atoms with Gasteiger partial charge in [-0.05, 0) is 48.1 Å². The second-order valence-corrected chi connectivity index (χ2v) is 9.42. The van der Waals surface area contributed by atoms with Gasteiger partial charge in [0.1, 0.15) is 5.82 Å². The molecule has 0 spiro atoms. The first-order valence-corrected chi connectivity index (χ1v) is 11.9. The van der Waals surface area contributed by atoms with E-state index in [0.717, 1.165) is 34.6 Å². The highest BCUT2D eigenvalue weighted by molar-refractivity contribution is 5.88. The first kappa shape index (κ1) is 21.1. The maximum Gasteiger partial charge on any atom is 0.138 e. The second-order valence-electron chi connectivity index (χ2n) is 9.42. The number of fused-ring (bicyclic) bond motifs is 1. The zero-order chi connectivity index (χ0) is 20.9. The summed E-state index contributed by atoms with van der Waals surface area (Å²) in [5.41, 5.74) is 4.17. The highest BCUT2D eigenvalue weighted by Gasteiger charge is 2.20. The van der Waals surface area contributed by atoms with Crippen molar-refractivity contribution in [2.75, 3.05) is 0 Å². The van der Waals surface area contributed by atoms with E-state index < -0.39 is 0 Å². The molecule has 4 rings (SSSR count). The lowest BCUT2D eigenvalue weighted by atomic mass is 9.78. The fraction of sp³-hybridized carbons (Fsp3) is 0.448. The number of aryl methyl sites for hydroxylation is 2. The van der Waals surface area contributed by atoms with Gasteiger partial charge >= 0.3 is 0 Å². The molecule has 0 aromatic heterocycles. The molecule has 1 fully saturated rings. The van der Waals surface area contributed by atoms with E-state index in [9.17, 15) is 0 Å². The Kier molecular flexibility index (Phi) is 6.87. The molecule has 0 saturated heterocycles. The lowest BCUT2D eigenvalue weighted by molar-refractivity contribution is 0.250. The predicted octanol–water partition coefficient (Wildman–Crippen LogP) is 8.88. The van der Waals surface area contributed by atoms with Crippen LogP contribution in [0.25, 0.3) is 21.9 Å². The third-order valence-corrected chi connectivity index (χ3v) is 7.15. The molecule has 0 aliphatic heterocycles. The standard InChI is InChI=1S/C29H35F/c1-3-4-5-22-8-10-23(11-9-22)12-13-24-14-18-28-26(20-24)17-19-27(29(28)30)25-15-6-21(2)7-16-25/h6-7,14-20,22-23H,3-5,8-13H2,1-2H3/t22-,23-. The molecule has 0 nitrogen and oxygen atoms in total. The Morgan fingerprint density at radius 3 is 2.23 bits per heavy atom.